The van der Waals surface area contributed by atoms with Crippen LogP contribution in [-0.4, -0.2) is 17.3 Å². The molecule has 0 radical (unpaired) electrons. The minimum absolute atomic E-state index is 0.169. The summed E-state index contributed by atoms with van der Waals surface area (Å²) in [6, 6.07) is 7.89. The van der Waals surface area contributed by atoms with Crippen molar-refractivity contribution in [2.75, 3.05) is 6.26 Å². The van der Waals surface area contributed by atoms with Crippen LogP contribution in [0.1, 0.15) is 15.9 Å². The predicted molar refractivity (Wildman–Crippen MR) is 51.8 cm³/mol. The van der Waals surface area contributed by atoms with Gasteiger partial charge in [-0.25, -0.2) is 0 Å². The Morgan fingerprint density at radius 2 is 2.17 bits per heavy atom. The highest BCUT2D eigenvalue weighted by Gasteiger charge is 2.28. The van der Waals surface area contributed by atoms with Crippen molar-refractivity contribution in [3.05, 3.63) is 35.4 Å². The Labute approximate surface area is 76.2 Å². The van der Waals surface area contributed by atoms with Gasteiger partial charge in [0.05, 0.1) is 5.25 Å². The van der Waals surface area contributed by atoms with Gasteiger partial charge in [0.15, 0.2) is 5.78 Å². The smallest absolute Gasteiger partial charge is 0.176 e. The molecule has 12 heavy (non-hydrogen) atoms. The third-order valence-electron chi connectivity index (χ3n) is 2.27. The molecule has 2 heteroatoms. The maximum Gasteiger partial charge on any atom is 0.176 e. The summed E-state index contributed by atoms with van der Waals surface area (Å²) in [6.07, 6.45) is 2.91. The van der Waals surface area contributed by atoms with Gasteiger partial charge in [-0.1, -0.05) is 24.3 Å². The van der Waals surface area contributed by atoms with Crippen molar-refractivity contribution in [3.8, 4) is 0 Å². The molecule has 1 aliphatic rings. The first-order valence-electron chi connectivity index (χ1n) is 3.98. The molecule has 1 atom stereocenters. The first-order chi connectivity index (χ1) is 5.83. The van der Waals surface area contributed by atoms with Crippen LogP contribution in [0.3, 0.4) is 0 Å². The summed E-state index contributed by atoms with van der Waals surface area (Å²) in [7, 11) is 0. The van der Waals surface area contributed by atoms with Crippen LogP contribution < -0.4 is 0 Å². The predicted octanol–water partition coefficient (Wildman–Crippen LogP) is 2.16. The summed E-state index contributed by atoms with van der Waals surface area (Å²) >= 11 is 1.65. The molecule has 1 aromatic rings. The van der Waals surface area contributed by atoms with E-state index in [1.165, 1.54) is 5.56 Å². The van der Waals surface area contributed by atoms with Gasteiger partial charge in [0.25, 0.3) is 0 Å². The molecular formula is C10H10OS. The zero-order valence-electron chi connectivity index (χ0n) is 6.91. The van der Waals surface area contributed by atoms with Crippen LogP contribution in [0.4, 0.5) is 0 Å². The molecule has 0 bridgehead atoms. The number of carbonyl (C=O) groups excluding carboxylic acids is 1. The average Bonchev–Trinajstić information content (AvgIpc) is 2.44. The van der Waals surface area contributed by atoms with Crippen LogP contribution in [0.25, 0.3) is 0 Å². The SMILES string of the molecule is CSC1Cc2ccccc2C1=O. The molecule has 0 N–H and O–H groups in total. The van der Waals surface area contributed by atoms with Crippen molar-refractivity contribution in [2.45, 2.75) is 11.7 Å². The van der Waals surface area contributed by atoms with Gasteiger partial charge in [0, 0.05) is 5.56 Å². The molecule has 2 rings (SSSR count). The van der Waals surface area contributed by atoms with E-state index in [0.717, 1.165) is 12.0 Å². The van der Waals surface area contributed by atoms with Crippen LogP contribution in [0.5, 0.6) is 0 Å². The second-order valence-electron chi connectivity index (χ2n) is 2.95. The fraction of sp³-hybridized carbons (Fsp3) is 0.300. The molecule has 0 heterocycles. The monoisotopic (exact) mass is 178 g/mol. The van der Waals surface area contributed by atoms with Gasteiger partial charge < -0.3 is 0 Å². The Bertz CT molecular complexity index is 319. The molecule has 0 saturated carbocycles. The Kier molecular flexibility index (Phi) is 1.93. The number of thioether (sulfide) groups is 1. The largest absolute Gasteiger partial charge is 0.293 e. The van der Waals surface area contributed by atoms with E-state index < -0.39 is 0 Å². The van der Waals surface area contributed by atoms with Crippen molar-refractivity contribution < 1.29 is 4.79 Å². The summed E-state index contributed by atoms with van der Waals surface area (Å²) < 4.78 is 0. The first-order valence-corrected chi connectivity index (χ1v) is 5.26. The van der Waals surface area contributed by atoms with Crippen LogP contribution in [0, 0.1) is 0 Å². The van der Waals surface area contributed by atoms with Gasteiger partial charge >= 0.3 is 0 Å². The topological polar surface area (TPSA) is 17.1 Å². The van der Waals surface area contributed by atoms with E-state index in [1.807, 2.05) is 30.5 Å². The maximum absolute atomic E-state index is 11.6. The van der Waals surface area contributed by atoms with Gasteiger partial charge in [-0.3, -0.25) is 4.79 Å². The molecule has 0 amide bonds. The van der Waals surface area contributed by atoms with Crippen molar-refractivity contribution in [3.63, 3.8) is 0 Å². The molecule has 0 spiro atoms. The maximum atomic E-state index is 11.6. The molecule has 1 aliphatic carbocycles. The number of Topliss-reactive ketones (excluding diaryl/α,β-unsaturated/α-hetero) is 1. The van der Waals surface area contributed by atoms with Crippen LogP contribution in [0.2, 0.25) is 0 Å². The van der Waals surface area contributed by atoms with E-state index >= 15 is 0 Å². The first kappa shape index (κ1) is 7.87. The second kappa shape index (κ2) is 2.94. The lowest BCUT2D eigenvalue weighted by Crippen LogP contribution is -2.09. The van der Waals surface area contributed by atoms with E-state index in [1.54, 1.807) is 11.8 Å². The van der Waals surface area contributed by atoms with E-state index in [2.05, 4.69) is 0 Å². The van der Waals surface area contributed by atoms with E-state index in [9.17, 15) is 4.79 Å². The Balaban J connectivity index is 2.42. The number of ketones is 1. The fourth-order valence-electron chi connectivity index (χ4n) is 1.59. The third-order valence-corrected chi connectivity index (χ3v) is 3.21. The Morgan fingerprint density at radius 3 is 2.83 bits per heavy atom. The normalized spacial score (nSPS) is 21.1. The van der Waals surface area contributed by atoms with E-state index in [4.69, 9.17) is 0 Å². The summed E-state index contributed by atoms with van der Waals surface area (Å²) in [4.78, 5) is 11.6. The van der Waals surface area contributed by atoms with Gasteiger partial charge in [-0.15, -0.1) is 0 Å². The second-order valence-corrected chi connectivity index (χ2v) is 3.99. The quantitative estimate of drug-likeness (QED) is 0.655. The Morgan fingerprint density at radius 1 is 1.42 bits per heavy atom. The lowest BCUT2D eigenvalue weighted by atomic mass is 10.1. The highest BCUT2D eigenvalue weighted by atomic mass is 32.2. The number of benzene rings is 1. The van der Waals surface area contributed by atoms with E-state index in [0.29, 0.717) is 5.78 Å². The van der Waals surface area contributed by atoms with Crippen LogP contribution >= 0.6 is 11.8 Å². The number of carbonyl (C=O) groups is 1. The molecule has 0 saturated heterocycles. The van der Waals surface area contributed by atoms with Crippen molar-refractivity contribution in [1.82, 2.24) is 0 Å². The highest BCUT2D eigenvalue weighted by molar-refractivity contribution is 8.00. The lowest BCUT2D eigenvalue weighted by Gasteiger charge is -1.99. The van der Waals surface area contributed by atoms with Crippen molar-refractivity contribution >= 4 is 17.5 Å². The molecule has 1 nitrogen and oxygen atoms in total. The molecule has 62 valence electrons. The van der Waals surface area contributed by atoms with Gasteiger partial charge in [-0.05, 0) is 18.2 Å². The average molecular weight is 178 g/mol. The number of hydrogen-bond donors (Lipinski definition) is 0. The molecular weight excluding hydrogens is 168 g/mol. The zero-order chi connectivity index (χ0) is 8.55. The minimum Gasteiger partial charge on any atom is -0.293 e. The molecule has 0 fully saturated rings. The standard InChI is InChI=1S/C10H10OS/c1-12-9-6-7-4-2-3-5-8(7)10(9)11/h2-5,9H,6H2,1H3. The Hall–Kier alpha value is -0.760. The van der Waals surface area contributed by atoms with Crippen molar-refractivity contribution in [1.29, 1.82) is 0 Å². The van der Waals surface area contributed by atoms with Gasteiger partial charge in [0.2, 0.25) is 0 Å². The summed E-state index contributed by atoms with van der Waals surface area (Å²) in [5, 5.41) is 0.169. The summed E-state index contributed by atoms with van der Waals surface area (Å²) in [6.45, 7) is 0. The zero-order valence-corrected chi connectivity index (χ0v) is 7.73. The van der Waals surface area contributed by atoms with Gasteiger partial charge in [-0.2, -0.15) is 11.8 Å². The molecule has 1 unspecified atom stereocenters. The fourth-order valence-corrected chi connectivity index (χ4v) is 2.28. The number of hydrogen-bond acceptors (Lipinski definition) is 2. The van der Waals surface area contributed by atoms with Gasteiger partial charge in [0.1, 0.15) is 0 Å². The highest BCUT2D eigenvalue weighted by Crippen LogP contribution is 2.28. The number of rotatable bonds is 1. The summed E-state index contributed by atoms with van der Waals surface area (Å²) in [5.74, 6) is 0.304. The van der Waals surface area contributed by atoms with Crippen molar-refractivity contribution in [2.24, 2.45) is 0 Å². The minimum atomic E-state index is 0.169. The molecule has 0 aliphatic heterocycles. The van der Waals surface area contributed by atoms with Crippen LogP contribution in [0.15, 0.2) is 24.3 Å². The third kappa shape index (κ3) is 1.07. The molecule has 0 aromatic heterocycles. The van der Waals surface area contributed by atoms with E-state index in [-0.39, 0.29) is 5.25 Å². The van der Waals surface area contributed by atoms with Crippen LogP contribution in [-0.2, 0) is 6.42 Å². The lowest BCUT2D eigenvalue weighted by molar-refractivity contribution is 0.100. The number of fused-ring (bicyclic) bond motifs is 1. The summed E-state index contributed by atoms with van der Waals surface area (Å²) in [5.41, 5.74) is 2.14. The molecule has 1 aromatic carbocycles.